The second-order valence-electron chi connectivity index (χ2n) is 10.7. The molecule has 0 spiro atoms. The van der Waals surface area contributed by atoms with Gasteiger partial charge < -0.3 is 25.3 Å². The van der Waals surface area contributed by atoms with E-state index in [4.69, 9.17) is 14.9 Å². The van der Waals surface area contributed by atoms with Gasteiger partial charge in [-0.3, -0.25) is 14.1 Å². The Balaban J connectivity index is 1.26. The lowest BCUT2D eigenvalue weighted by Crippen LogP contribution is -2.35. The summed E-state index contributed by atoms with van der Waals surface area (Å²) in [5, 5.41) is 13.3. The number of hydrogen-bond donors (Lipinski definition) is 3. The molecule has 0 bridgehead atoms. The molecule has 45 heavy (non-hydrogen) atoms. The van der Waals surface area contributed by atoms with Crippen LogP contribution in [0.25, 0.3) is 11.1 Å². The second kappa shape index (κ2) is 13.8. The number of aryl methyl sites for hydroxylation is 3. The average molecular weight is 630 g/mol. The van der Waals surface area contributed by atoms with Gasteiger partial charge in [0.05, 0.1) is 28.9 Å². The lowest BCUT2D eigenvalue weighted by atomic mass is 10.1. The lowest BCUT2D eigenvalue weighted by Gasteiger charge is -2.25. The van der Waals surface area contributed by atoms with Gasteiger partial charge in [-0.2, -0.15) is 4.98 Å². The Morgan fingerprint density at radius 2 is 1.82 bits per heavy atom. The average Bonchev–Trinajstić information content (AvgIpc) is 3.41. The fraction of sp³-hybridized carbons (Fsp3) is 0.242. The smallest absolute Gasteiger partial charge is 0.292 e. The van der Waals surface area contributed by atoms with E-state index in [-0.39, 0.29) is 42.1 Å². The van der Waals surface area contributed by atoms with Crippen LogP contribution in [0.1, 0.15) is 28.8 Å². The van der Waals surface area contributed by atoms with Gasteiger partial charge in [0, 0.05) is 18.8 Å². The van der Waals surface area contributed by atoms with Gasteiger partial charge in [0.15, 0.2) is 12.2 Å². The summed E-state index contributed by atoms with van der Waals surface area (Å²) in [5.74, 6) is 0.343. The number of anilines is 2. The molecule has 0 saturated carbocycles. The van der Waals surface area contributed by atoms with E-state index in [1.165, 1.54) is 16.4 Å². The van der Waals surface area contributed by atoms with Crippen LogP contribution < -0.4 is 20.1 Å². The minimum atomic E-state index is -4.08. The van der Waals surface area contributed by atoms with Crippen LogP contribution in [0.2, 0.25) is 0 Å². The molecule has 234 valence electrons. The summed E-state index contributed by atoms with van der Waals surface area (Å²) in [6.07, 6.45) is 1.59. The summed E-state index contributed by atoms with van der Waals surface area (Å²) in [4.78, 5) is 20.7. The van der Waals surface area contributed by atoms with E-state index < -0.39 is 16.1 Å². The number of benzene rings is 3. The van der Waals surface area contributed by atoms with E-state index in [0.717, 1.165) is 16.7 Å². The van der Waals surface area contributed by atoms with Gasteiger partial charge in [-0.25, -0.2) is 8.42 Å². The van der Waals surface area contributed by atoms with E-state index in [0.29, 0.717) is 35.5 Å². The van der Waals surface area contributed by atoms with E-state index in [1.807, 2.05) is 38.1 Å². The molecule has 1 atom stereocenters. The van der Waals surface area contributed by atoms with Crippen molar-refractivity contribution < 1.29 is 27.5 Å². The number of nitrogens with two attached hydrogens (primary N) is 1. The molecule has 11 nitrogen and oxygen atoms in total. The predicted molar refractivity (Wildman–Crippen MR) is 171 cm³/mol. The number of rotatable bonds is 13. The highest BCUT2D eigenvalue weighted by Gasteiger charge is 2.27. The Hall–Kier alpha value is -4.94. The van der Waals surface area contributed by atoms with Crippen LogP contribution in [-0.2, 0) is 27.8 Å². The second-order valence-corrected chi connectivity index (χ2v) is 12.6. The molecule has 12 heteroatoms. The number of nitrogens with zero attached hydrogens (tertiary/aromatic N) is 3. The van der Waals surface area contributed by atoms with E-state index in [1.54, 1.807) is 48.7 Å². The van der Waals surface area contributed by atoms with Crippen LogP contribution in [0.5, 0.6) is 5.75 Å². The van der Waals surface area contributed by atoms with Gasteiger partial charge in [-0.1, -0.05) is 36.4 Å². The van der Waals surface area contributed by atoms with Gasteiger partial charge in [0.25, 0.3) is 21.9 Å². The number of sulfonamides is 1. The largest absolute Gasteiger partial charge is 0.483 e. The van der Waals surface area contributed by atoms with Crippen LogP contribution in [0.3, 0.4) is 0 Å². The Morgan fingerprint density at radius 1 is 1.04 bits per heavy atom. The first-order valence-corrected chi connectivity index (χ1v) is 15.9. The third-order valence-electron chi connectivity index (χ3n) is 7.25. The first-order chi connectivity index (χ1) is 21.6. The van der Waals surface area contributed by atoms with Crippen molar-refractivity contribution in [2.75, 3.05) is 23.2 Å². The molecule has 0 radical (unpaired) electrons. The number of para-hydroxylation sites is 1. The number of carbonyl (C=O) groups is 1. The molecule has 2 aromatic heterocycles. The van der Waals surface area contributed by atoms with Gasteiger partial charge in [0.1, 0.15) is 11.3 Å². The highest BCUT2D eigenvalue weighted by Crippen LogP contribution is 2.29. The van der Waals surface area contributed by atoms with Gasteiger partial charge in [0.2, 0.25) is 0 Å². The summed E-state index contributed by atoms with van der Waals surface area (Å²) in [6, 6.07) is 22.6. The van der Waals surface area contributed by atoms with Crippen molar-refractivity contribution in [2.24, 2.45) is 0 Å². The zero-order chi connectivity index (χ0) is 32.0. The maximum absolute atomic E-state index is 14.0. The number of fused-ring (bicyclic) bond motifs is 1. The Morgan fingerprint density at radius 3 is 2.58 bits per heavy atom. The number of aromatic nitrogens is 2. The molecule has 4 N–H and O–H groups in total. The number of amides is 1. The Kier molecular flexibility index (Phi) is 9.65. The molecule has 1 amide bonds. The summed E-state index contributed by atoms with van der Waals surface area (Å²) in [5.41, 5.74) is 10.1. The highest BCUT2D eigenvalue weighted by molar-refractivity contribution is 7.92. The zero-order valence-corrected chi connectivity index (χ0v) is 25.8. The molecule has 0 saturated heterocycles. The molecule has 1 unspecified atom stereocenters. The number of ether oxygens (including phenoxy) is 1. The van der Waals surface area contributed by atoms with Crippen LogP contribution >= 0.6 is 0 Å². The molecule has 2 heterocycles. The Labute approximate surface area is 261 Å². The monoisotopic (exact) mass is 629 g/mol. The molecule has 0 aliphatic rings. The Bertz CT molecular complexity index is 1870. The molecule has 0 aliphatic carbocycles. The van der Waals surface area contributed by atoms with Crippen molar-refractivity contribution in [3.8, 4) is 5.75 Å². The number of carbonyl (C=O) groups excluding carboxylic acids is 1. The standard InChI is InChI=1S/C33H35N5O6S/c1-22-7-5-8-23(2)32(22)43-21-31(40)36-19-27(39)13-12-24-9-6-11-26(17-24)38(20-25-10-3-4-16-35-25)45(41,42)28-14-15-29-30(18-28)44-33(34)37-29/h3-11,14-18,27,39H,12-13,19-21H2,1-2H3,(H2,34,37)(H,36,40). The zero-order valence-electron chi connectivity index (χ0n) is 25.0. The predicted octanol–water partition coefficient (Wildman–Crippen LogP) is 4.31. The molecule has 0 fully saturated rings. The summed E-state index contributed by atoms with van der Waals surface area (Å²) in [6.45, 7) is 3.73. The fourth-order valence-electron chi connectivity index (χ4n) is 4.91. The van der Waals surface area contributed by atoms with Gasteiger partial charge in [-0.05, 0) is 79.8 Å². The minimum absolute atomic E-state index is 0.0119. The number of hydrogen-bond acceptors (Lipinski definition) is 9. The summed E-state index contributed by atoms with van der Waals surface area (Å²) < 4.78 is 40.4. The molecule has 5 aromatic rings. The number of aliphatic hydroxyl groups is 1. The highest BCUT2D eigenvalue weighted by atomic mass is 32.2. The van der Waals surface area contributed by atoms with Crippen molar-refractivity contribution in [3.05, 3.63) is 107 Å². The molecular weight excluding hydrogens is 594 g/mol. The van der Waals surface area contributed by atoms with Crippen LogP contribution in [0, 0.1) is 13.8 Å². The third kappa shape index (κ3) is 7.78. The van der Waals surface area contributed by atoms with E-state index in [2.05, 4.69) is 15.3 Å². The van der Waals surface area contributed by atoms with Crippen molar-refractivity contribution in [3.63, 3.8) is 0 Å². The SMILES string of the molecule is Cc1cccc(C)c1OCC(=O)NCC(O)CCc1cccc(N(Cc2ccccn2)S(=O)(=O)c2ccc3nc(N)oc3c2)c1. The van der Waals surface area contributed by atoms with Crippen molar-refractivity contribution in [2.45, 2.75) is 44.2 Å². The van der Waals surface area contributed by atoms with Crippen molar-refractivity contribution in [1.82, 2.24) is 15.3 Å². The number of aliphatic hydroxyl groups excluding tert-OH is 1. The molecule has 3 aromatic carbocycles. The van der Waals surface area contributed by atoms with E-state index in [9.17, 15) is 18.3 Å². The van der Waals surface area contributed by atoms with Gasteiger partial charge >= 0.3 is 0 Å². The lowest BCUT2D eigenvalue weighted by molar-refractivity contribution is -0.123. The maximum atomic E-state index is 14.0. The van der Waals surface area contributed by atoms with Crippen molar-refractivity contribution >= 4 is 38.7 Å². The first-order valence-electron chi connectivity index (χ1n) is 14.4. The number of pyridine rings is 1. The minimum Gasteiger partial charge on any atom is -0.483 e. The van der Waals surface area contributed by atoms with Crippen LogP contribution in [0.15, 0.2) is 94.4 Å². The third-order valence-corrected chi connectivity index (χ3v) is 9.02. The number of nitrogens with one attached hydrogen (secondary N) is 1. The summed E-state index contributed by atoms with van der Waals surface area (Å²) in [7, 11) is -4.08. The van der Waals surface area contributed by atoms with E-state index >= 15 is 0 Å². The maximum Gasteiger partial charge on any atom is 0.292 e. The van der Waals surface area contributed by atoms with Crippen molar-refractivity contribution in [1.29, 1.82) is 0 Å². The van der Waals surface area contributed by atoms with Gasteiger partial charge in [-0.15, -0.1) is 0 Å². The topological polar surface area (TPSA) is 161 Å². The number of oxazole rings is 1. The molecule has 5 rings (SSSR count). The number of nitrogen functional groups attached to an aromatic ring is 1. The van der Waals surface area contributed by atoms with Crippen LogP contribution in [0.4, 0.5) is 11.7 Å². The fourth-order valence-corrected chi connectivity index (χ4v) is 6.36. The first kappa shape index (κ1) is 31.5. The molecule has 0 aliphatic heterocycles. The summed E-state index contributed by atoms with van der Waals surface area (Å²) >= 11 is 0. The quantitative estimate of drug-likeness (QED) is 0.172. The normalized spacial score (nSPS) is 12.2. The molecular formula is C33H35N5O6S. The van der Waals surface area contributed by atoms with Crippen LogP contribution in [-0.4, -0.2) is 48.7 Å².